The second-order valence-electron chi connectivity index (χ2n) is 7.99. The van der Waals surface area contributed by atoms with Gasteiger partial charge in [-0.3, -0.25) is 10.0 Å². The van der Waals surface area contributed by atoms with Crippen LogP contribution in [0.4, 0.5) is 10.1 Å². The predicted molar refractivity (Wildman–Crippen MR) is 117 cm³/mol. The predicted octanol–water partition coefficient (Wildman–Crippen LogP) is 2.00. The molecule has 0 radical (unpaired) electrons. The number of benzene rings is 2. The molecule has 2 aliphatic rings. The van der Waals surface area contributed by atoms with Crippen molar-refractivity contribution >= 4 is 21.6 Å². The summed E-state index contributed by atoms with van der Waals surface area (Å²) in [6.45, 7) is 1.72. The van der Waals surface area contributed by atoms with Gasteiger partial charge in [0.15, 0.2) is 4.75 Å². The molecule has 0 aromatic heterocycles. The Bertz CT molecular complexity index is 1050. The number of anilines is 1. The van der Waals surface area contributed by atoms with E-state index in [9.17, 15) is 22.8 Å². The van der Waals surface area contributed by atoms with Gasteiger partial charge in [0.1, 0.15) is 5.82 Å². The first kappa shape index (κ1) is 22.7. The molecule has 0 unspecified atom stereocenters. The van der Waals surface area contributed by atoms with Crippen molar-refractivity contribution in [3.05, 3.63) is 54.3 Å². The Hall–Kier alpha value is -2.53. The molecule has 0 bridgehead atoms. The van der Waals surface area contributed by atoms with Gasteiger partial charge >= 0.3 is 0 Å². The lowest BCUT2D eigenvalue weighted by Crippen LogP contribution is -2.62. The van der Waals surface area contributed by atoms with Crippen molar-refractivity contribution < 1.29 is 27.5 Å². The summed E-state index contributed by atoms with van der Waals surface area (Å²) in [6.07, 6.45) is 0.0135. The van der Waals surface area contributed by atoms with E-state index in [4.69, 9.17) is 4.74 Å². The summed E-state index contributed by atoms with van der Waals surface area (Å²) >= 11 is 0. The summed E-state index contributed by atoms with van der Waals surface area (Å²) in [5, 5.41) is 9.17. The minimum absolute atomic E-state index is 0.00673. The molecule has 2 heterocycles. The summed E-state index contributed by atoms with van der Waals surface area (Å²) in [5.74, 6) is -1.18. The number of hydrogen-bond donors (Lipinski definition) is 2. The van der Waals surface area contributed by atoms with Crippen molar-refractivity contribution in [1.29, 1.82) is 0 Å². The van der Waals surface area contributed by atoms with Crippen LogP contribution in [0.1, 0.15) is 12.8 Å². The molecule has 8 nitrogen and oxygen atoms in total. The van der Waals surface area contributed by atoms with Crippen LogP contribution in [0.3, 0.4) is 0 Å². The Morgan fingerprint density at radius 3 is 2.00 bits per heavy atom. The zero-order valence-corrected chi connectivity index (χ0v) is 18.4. The molecule has 2 aliphatic heterocycles. The molecule has 0 spiro atoms. The van der Waals surface area contributed by atoms with Gasteiger partial charge in [-0.25, -0.2) is 18.3 Å². The zero-order chi connectivity index (χ0) is 22.8. The second kappa shape index (κ2) is 9.14. The SMILES string of the molecule is O=C(NO)C1(S(=O)(=O)N2CCN(c3ccc(-c4ccc(F)cc4)cc3)CC2)CCOCC1. The number of nitrogens with zero attached hydrogens (tertiary/aromatic N) is 2. The van der Waals surface area contributed by atoms with Crippen molar-refractivity contribution in [2.45, 2.75) is 17.6 Å². The molecule has 4 rings (SSSR count). The quantitative estimate of drug-likeness (QED) is 0.520. The van der Waals surface area contributed by atoms with Crippen LogP contribution in [-0.2, 0) is 19.6 Å². The molecule has 10 heteroatoms. The second-order valence-corrected chi connectivity index (χ2v) is 10.2. The van der Waals surface area contributed by atoms with E-state index in [1.54, 1.807) is 17.6 Å². The molecule has 2 N–H and O–H groups in total. The minimum atomic E-state index is -3.99. The average molecular weight is 464 g/mol. The fraction of sp³-hybridized carbons (Fsp3) is 0.409. The van der Waals surface area contributed by atoms with Gasteiger partial charge < -0.3 is 9.64 Å². The summed E-state index contributed by atoms with van der Waals surface area (Å²) in [5.41, 5.74) is 4.38. The molecule has 0 aliphatic carbocycles. The van der Waals surface area contributed by atoms with Gasteiger partial charge in [-0.15, -0.1) is 0 Å². The van der Waals surface area contributed by atoms with E-state index in [1.807, 2.05) is 24.3 Å². The molecular formula is C22H26FN3O5S. The van der Waals surface area contributed by atoms with Crippen molar-refractivity contribution in [1.82, 2.24) is 9.79 Å². The molecule has 2 aromatic rings. The average Bonchev–Trinajstić information content (AvgIpc) is 2.84. The molecule has 2 saturated heterocycles. The standard InChI is InChI=1S/C22H26FN3O5S/c23-19-5-1-17(2-6-19)18-3-7-20(8-4-18)25-11-13-26(14-12-25)32(29,30)22(21(27)24-28)9-15-31-16-10-22/h1-8,28H,9-16H2,(H,24,27). The number of hydroxylamine groups is 1. The van der Waals surface area contributed by atoms with Gasteiger partial charge in [-0.2, -0.15) is 4.31 Å². The first-order chi connectivity index (χ1) is 15.4. The third kappa shape index (κ3) is 4.11. The lowest BCUT2D eigenvalue weighted by Gasteiger charge is -2.42. The third-order valence-corrected chi connectivity index (χ3v) is 8.92. The van der Waals surface area contributed by atoms with Crippen LogP contribution in [0.15, 0.2) is 48.5 Å². The Morgan fingerprint density at radius 2 is 1.47 bits per heavy atom. The topological polar surface area (TPSA) is 99.2 Å². The molecular weight excluding hydrogens is 437 g/mol. The van der Waals surface area contributed by atoms with Crippen LogP contribution in [0, 0.1) is 5.82 Å². The van der Waals surface area contributed by atoms with Crippen LogP contribution in [-0.4, -0.2) is 68.0 Å². The molecule has 2 fully saturated rings. The Morgan fingerprint density at radius 1 is 0.938 bits per heavy atom. The van der Waals surface area contributed by atoms with Crippen LogP contribution < -0.4 is 10.4 Å². The monoisotopic (exact) mass is 463 g/mol. The van der Waals surface area contributed by atoms with Crippen molar-refractivity contribution in [3.8, 4) is 11.1 Å². The Balaban J connectivity index is 1.45. The molecule has 1 amide bonds. The lowest BCUT2D eigenvalue weighted by atomic mass is 9.98. The summed E-state index contributed by atoms with van der Waals surface area (Å²) in [7, 11) is -3.99. The summed E-state index contributed by atoms with van der Waals surface area (Å²) in [4.78, 5) is 14.5. The normalized spacial score (nSPS) is 19.5. The van der Waals surface area contributed by atoms with Gasteiger partial charge in [0, 0.05) is 57.9 Å². The minimum Gasteiger partial charge on any atom is -0.381 e. The highest BCUT2D eigenvalue weighted by Crippen LogP contribution is 2.34. The molecule has 0 atom stereocenters. The fourth-order valence-corrected chi connectivity index (χ4v) is 6.45. The molecule has 172 valence electrons. The Labute approximate surface area is 186 Å². The van der Waals surface area contributed by atoms with E-state index >= 15 is 0 Å². The van der Waals surface area contributed by atoms with Gasteiger partial charge in [0.25, 0.3) is 5.91 Å². The number of amides is 1. The van der Waals surface area contributed by atoms with E-state index in [0.29, 0.717) is 13.1 Å². The smallest absolute Gasteiger partial charge is 0.266 e. The van der Waals surface area contributed by atoms with Gasteiger partial charge in [0.2, 0.25) is 10.0 Å². The van der Waals surface area contributed by atoms with E-state index in [-0.39, 0.29) is 45.0 Å². The van der Waals surface area contributed by atoms with Crippen LogP contribution >= 0.6 is 0 Å². The number of hydrogen-bond acceptors (Lipinski definition) is 6. The van der Waals surface area contributed by atoms with Gasteiger partial charge in [-0.05, 0) is 35.4 Å². The largest absolute Gasteiger partial charge is 0.381 e. The highest BCUT2D eigenvalue weighted by Gasteiger charge is 2.54. The number of ether oxygens (including phenoxy) is 1. The van der Waals surface area contributed by atoms with Gasteiger partial charge in [-0.1, -0.05) is 24.3 Å². The van der Waals surface area contributed by atoms with E-state index in [2.05, 4.69) is 4.90 Å². The van der Waals surface area contributed by atoms with E-state index in [0.717, 1.165) is 16.8 Å². The van der Waals surface area contributed by atoms with Crippen molar-refractivity contribution in [3.63, 3.8) is 0 Å². The summed E-state index contributed by atoms with van der Waals surface area (Å²) in [6, 6.07) is 14.1. The maximum absolute atomic E-state index is 13.4. The number of carbonyl (C=O) groups excluding carboxylic acids is 1. The van der Waals surface area contributed by atoms with Crippen LogP contribution in [0.5, 0.6) is 0 Å². The van der Waals surface area contributed by atoms with Crippen LogP contribution in [0.2, 0.25) is 0 Å². The highest BCUT2D eigenvalue weighted by molar-refractivity contribution is 7.91. The van der Waals surface area contributed by atoms with Gasteiger partial charge in [0.05, 0.1) is 0 Å². The fourth-order valence-electron chi connectivity index (χ4n) is 4.35. The number of carbonyl (C=O) groups is 1. The van der Waals surface area contributed by atoms with E-state index in [1.165, 1.54) is 16.4 Å². The highest BCUT2D eigenvalue weighted by atomic mass is 32.2. The van der Waals surface area contributed by atoms with Crippen molar-refractivity contribution in [2.75, 3.05) is 44.3 Å². The molecule has 32 heavy (non-hydrogen) atoms. The van der Waals surface area contributed by atoms with Crippen LogP contribution in [0.25, 0.3) is 11.1 Å². The zero-order valence-electron chi connectivity index (χ0n) is 17.5. The number of piperazine rings is 1. The van der Waals surface area contributed by atoms with Crippen molar-refractivity contribution in [2.24, 2.45) is 0 Å². The maximum atomic E-state index is 13.4. The first-order valence-corrected chi connectivity index (χ1v) is 11.9. The number of sulfonamides is 1. The van der Waals surface area contributed by atoms with E-state index < -0.39 is 20.7 Å². The summed E-state index contributed by atoms with van der Waals surface area (Å²) < 4.78 is 44.8. The lowest BCUT2D eigenvalue weighted by molar-refractivity contribution is -0.134. The number of rotatable bonds is 5. The molecule has 2 aromatic carbocycles. The molecule has 0 saturated carbocycles. The first-order valence-electron chi connectivity index (χ1n) is 10.5. The third-order valence-electron chi connectivity index (χ3n) is 6.30. The number of nitrogens with one attached hydrogen (secondary N) is 1. The maximum Gasteiger partial charge on any atom is 0.266 e. The Kier molecular flexibility index (Phi) is 6.47. The number of halogens is 1.